The van der Waals surface area contributed by atoms with Gasteiger partial charge < -0.3 is 0 Å². The van der Waals surface area contributed by atoms with Gasteiger partial charge in [0.25, 0.3) is 0 Å². The summed E-state index contributed by atoms with van der Waals surface area (Å²) in [6, 6.07) is 2.23. The van der Waals surface area contributed by atoms with E-state index in [0.29, 0.717) is 0 Å². The van der Waals surface area contributed by atoms with Crippen LogP contribution >= 0.6 is 27.3 Å². The van der Waals surface area contributed by atoms with Crippen molar-refractivity contribution >= 4 is 27.3 Å². The summed E-state index contributed by atoms with van der Waals surface area (Å²) in [5.74, 6) is 8.03. The van der Waals surface area contributed by atoms with Crippen molar-refractivity contribution in [2.24, 2.45) is 5.84 Å². The third kappa shape index (κ3) is 3.12. The first kappa shape index (κ1) is 10.7. The highest BCUT2D eigenvalue weighted by Crippen LogP contribution is 2.27. The number of thiophene rings is 1. The van der Waals surface area contributed by atoms with Gasteiger partial charge in [-0.15, -0.1) is 23.7 Å². The van der Waals surface area contributed by atoms with Gasteiger partial charge in [-0.1, -0.05) is 0 Å². The van der Waals surface area contributed by atoms with Crippen molar-refractivity contribution in [2.75, 3.05) is 0 Å². The van der Waals surface area contributed by atoms with E-state index in [1.807, 2.05) is 5.38 Å². The van der Waals surface area contributed by atoms with Crippen molar-refractivity contribution in [3.05, 3.63) is 20.8 Å². The Hall–Kier alpha value is -0.340. The van der Waals surface area contributed by atoms with Gasteiger partial charge in [-0.05, 0) is 28.4 Å². The molecule has 13 heavy (non-hydrogen) atoms. The molecule has 4 heteroatoms. The molecule has 1 aromatic heterocycles. The second-order valence-corrected chi connectivity index (χ2v) is 4.49. The predicted molar refractivity (Wildman–Crippen MR) is 60.2 cm³/mol. The number of rotatable bonds is 4. The summed E-state index contributed by atoms with van der Waals surface area (Å²) in [6.07, 6.45) is 6.81. The van der Waals surface area contributed by atoms with Gasteiger partial charge in [0.05, 0.1) is 6.04 Å². The molecule has 1 rings (SSSR count). The van der Waals surface area contributed by atoms with Gasteiger partial charge in [0.15, 0.2) is 0 Å². The van der Waals surface area contributed by atoms with E-state index in [-0.39, 0.29) is 6.04 Å². The molecule has 0 aromatic carbocycles. The second kappa shape index (κ2) is 5.40. The van der Waals surface area contributed by atoms with E-state index in [0.717, 1.165) is 17.3 Å². The fourth-order valence-corrected chi connectivity index (χ4v) is 2.59. The average Bonchev–Trinajstić information content (AvgIpc) is 2.54. The highest BCUT2D eigenvalue weighted by Gasteiger charge is 2.10. The third-order valence-electron chi connectivity index (χ3n) is 1.71. The minimum absolute atomic E-state index is 0.173. The lowest BCUT2D eigenvalue weighted by molar-refractivity contribution is 0.532. The lowest BCUT2D eigenvalue weighted by Gasteiger charge is -2.11. The van der Waals surface area contributed by atoms with Crippen LogP contribution in [0.1, 0.15) is 23.8 Å². The molecule has 0 saturated heterocycles. The maximum absolute atomic E-state index is 5.43. The van der Waals surface area contributed by atoms with Gasteiger partial charge in [0.2, 0.25) is 0 Å². The van der Waals surface area contributed by atoms with Crippen LogP contribution in [0.5, 0.6) is 0 Å². The summed E-state index contributed by atoms with van der Waals surface area (Å²) in [6.45, 7) is 0. The van der Waals surface area contributed by atoms with Crippen LogP contribution in [0.15, 0.2) is 15.9 Å². The Labute approximate surface area is 90.6 Å². The fraction of sp³-hybridized carbons (Fsp3) is 0.333. The van der Waals surface area contributed by atoms with Crippen molar-refractivity contribution in [3.63, 3.8) is 0 Å². The third-order valence-corrected chi connectivity index (χ3v) is 3.52. The molecule has 1 aromatic rings. The zero-order valence-corrected chi connectivity index (χ0v) is 9.49. The maximum Gasteiger partial charge on any atom is 0.0562 e. The Kier molecular flexibility index (Phi) is 4.46. The van der Waals surface area contributed by atoms with Crippen LogP contribution < -0.4 is 11.3 Å². The second-order valence-electron chi connectivity index (χ2n) is 2.63. The fourth-order valence-electron chi connectivity index (χ4n) is 1.05. The van der Waals surface area contributed by atoms with E-state index in [2.05, 4.69) is 33.3 Å². The molecule has 0 aliphatic heterocycles. The molecule has 2 nitrogen and oxygen atoms in total. The summed E-state index contributed by atoms with van der Waals surface area (Å²) in [4.78, 5) is 1.21. The monoisotopic (exact) mass is 258 g/mol. The van der Waals surface area contributed by atoms with Crippen molar-refractivity contribution in [1.29, 1.82) is 0 Å². The lowest BCUT2D eigenvalue weighted by atomic mass is 10.1. The summed E-state index contributed by atoms with van der Waals surface area (Å²) in [5, 5.41) is 2.04. The molecule has 0 aliphatic rings. The largest absolute Gasteiger partial charge is 0.271 e. The van der Waals surface area contributed by atoms with E-state index in [9.17, 15) is 0 Å². The van der Waals surface area contributed by atoms with Crippen LogP contribution in [0, 0.1) is 12.3 Å². The van der Waals surface area contributed by atoms with Gasteiger partial charge in [0, 0.05) is 21.2 Å². The number of nitrogens with two attached hydrogens (primary N) is 1. The van der Waals surface area contributed by atoms with Crippen LogP contribution in [-0.2, 0) is 0 Å². The van der Waals surface area contributed by atoms with E-state index in [1.54, 1.807) is 11.3 Å². The van der Waals surface area contributed by atoms with Crippen LogP contribution in [0.2, 0.25) is 0 Å². The first-order valence-corrected chi connectivity index (χ1v) is 5.58. The normalized spacial score (nSPS) is 12.4. The highest BCUT2D eigenvalue weighted by molar-refractivity contribution is 9.10. The standard InChI is InChI=1S/C9H11BrN2S/c1-2-3-4-8(12-11)9-5-7(10)6-13-9/h1,5-6,8,12H,3-4,11H2. The van der Waals surface area contributed by atoms with Crippen LogP contribution in [0.4, 0.5) is 0 Å². The maximum atomic E-state index is 5.43. The smallest absolute Gasteiger partial charge is 0.0562 e. The molecule has 0 bridgehead atoms. The Balaban J connectivity index is 2.62. The van der Waals surface area contributed by atoms with E-state index < -0.39 is 0 Å². The molecule has 0 aliphatic carbocycles. The van der Waals surface area contributed by atoms with Crippen molar-refractivity contribution in [1.82, 2.24) is 5.43 Å². The summed E-state index contributed by atoms with van der Waals surface area (Å²) >= 11 is 5.07. The summed E-state index contributed by atoms with van der Waals surface area (Å²) in [5.41, 5.74) is 2.76. The van der Waals surface area contributed by atoms with Crippen LogP contribution in [-0.4, -0.2) is 0 Å². The highest BCUT2D eigenvalue weighted by atomic mass is 79.9. The molecule has 0 fully saturated rings. The van der Waals surface area contributed by atoms with Crippen molar-refractivity contribution < 1.29 is 0 Å². The molecule has 1 atom stereocenters. The van der Waals surface area contributed by atoms with Crippen LogP contribution in [0.3, 0.4) is 0 Å². The van der Waals surface area contributed by atoms with Gasteiger partial charge in [-0.3, -0.25) is 11.3 Å². The summed E-state index contributed by atoms with van der Waals surface area (Å²) in [7, 11) is 0. The molecule has 0 amide bonds. The summed E-state index contributed by atoms with van der Waals surface area (Å²) < 4.78 is 1.09. The van der Waals surface area contributed by atoms with Gasteiger partial charge in [-0.25, -0.2) is 0 Å². The van der Waals surface area contributed by atoms with Gasteiger partial charge in [-0.2, -0.15) is 0 Å². The minimum Gasteiger partial charge on any atom is -0.271 e. The topological polar surface area (TPSA) is 38.0 Å². The van der Waals surface area contributed by atoms with E-state index >= 15 is 0 Å². The molecule has 0 saturated carbocycles. The molecule has 1 unspecified atom stereocenters. The first-order valence-electron chi connectivity index (χ1n) is 3.91. The van der Waals surface area contributed by atoms with E-state index in [1.165, 1.54) is 4.88 Å². The number of terminal acetylenes is 1. The first-order chi connectivity index (χ1) is 6.27. The molecule has 0 spiro atoms. The number of hydrogen-bond acceptors (Lipinski definition) is 3. The van der Waals surface area contributed by atoms with E-state index in [4.69, 9.17) is 12.3 Å². The predicted octanol–water partition coefficient (Wildman–Crippen LogP) is 2.43. The number of halogens is 1. The molecule has 0 radical (unpaired) electrons. The zero-order valence-electron chi connectivity index (χ0n) is 7.09. The van der Waals surface area contributed by atoms with Gasteiger partial charge in [0.1, 0.15) is 0 Å². The average molecular weight is 259 g/mol. The Morgan fingerprint density at radius 3 is 3.00 bits per heavy atom. The van der Waals surface area contributed by atoms with Crippen LogP contribution in [0.25, 0.3) is 0 Å². The Morgan fingerprint density at radius 2 is 2.54 bits per heavy atom. The lowest BCUT2D eigenvalue weighted by Crippen LogP contribution is -2.27. The zero-order chi connectivity index (χ0) is 9.68. The molecular formula is C9H11BrN2S. The number of hydrazine groups is 1. The Morgan fingerprint density at radius 1 is 1.77 bits per heavy atom. The van der Waals surface area contributed by atoms with Gasteiger partial charge >= 0.3 is 0 Å². The SMILES string of the molecule is C#CCCC(NN)c1cc(Br)cs1. The molecule has 70 valence electrons. The molecule has 3 N–H and O–H groups in total. The minimum atomic E-state index is 0.173. The molecular weight excluding hydrogens is 248 g/mol. The number of hydrogen-bond donors (Lipinski definition) is 2. The Bertz CT molecular complexity index is 303. The number of nitrogens with one attached hydrogen (secondary N) is 1. The van der Waals surface area contributed by atoms with Crippen molar-refractivity contribution in [3.8, 4) is 12.3 Å². The molecule has 1 heterocycles. The quantitative estimate of drug-likeness (QED) is 0.495. The van der Waals surface area contributed by atoms with Crippen molar-refractivity contribution in [2.45, 2.75) is 18.9 Å².